The van der Waals surface area contributed by atoms with Crippen LogP contribution in [0.4, 0.5) is 0 Å². The minimum absolute atomic E-state index is 0.0634. The van der Waals surface area contributed by atoms with E-state index in [9.17, 15) is 9.59 Å². The van der Waals surface area contributed by atoms with Crippen LogP contribution in [-0.2, 0) is 23.8 Å². The summed E-state index contributed by atoms with van der Waals surface area (Å²) in [6.45, 7) is 7.60. The quantitative estimate of drug-likeness (QED) is 0.0348. The molecule has 0 bridgehead atoms. The summed E-state index contributed by atoms with van der Waals surface area (Å²) in [4.78, 5) is 25.3. The van der Waals surface area contributed by atoms with E-state index in [1.165, 1.54) is 96.3 Å². The second kappa shape index (κ2) is 48.7. The maximum Gasteiger partial charge on any atom is 0.306 e. The molecule has 0 aromatic carbocycles. The Morgan fingerprint density at radius 1 is 0.397 bits per heavy atom. The lowest BCUT2D eigenvalue weighted by atomic mass is 10.1. The third-order valence-electron chi connectivity index (χ3n) is 10.2. The SMILES string of the molecule is CC/C=C\C/C=C\C/C=C\CCCCCCOCC(COC(=O)CCCCCCC/C=C\C/C=C\CCCCC)OC(=O)CCCCCCC/C=C\CCCCCC. The molecule has 0 heterocycles. The van der Waals surface area contributed by atoms with E-state index in [1.54, 1.807) is 0 Å². The minimum Gasteiger partial charge on any atom is -0.462 e. The summed E-state index contributed by atoms with van der Waals surface area (Å²) in [5.41, 5.74) is 0. The molecule has 0 spiro atoms. The molecule has 0 amide bonds. The van der Waals surface area contributed by atoms with Crippen molar-refractivity contribution in [3.05, 3.63) is 72.9 Å². The number of unbranched alkanes of at least 4 members (excludes halogenated alkanes) is 21. The first-order valence-corrected chi connectivity index (χ1v) is 24.5. The molecule has 0 saturated carbocycles. The van der Waals surface area contributed by atoms with Gasteiger partial charge in [-0.2, -0.15) is 0 Å². The minimum atomic E-state index is -0.559. The number of hydrogen-bond acceptors (Lipinski definition) is 5. The van der Waals surface area contributed by atoms with Crippen molar-refractivity contribution in [3.8, 4) is 0 Å². The van der Waals surface area contributed by atoms with Gasteiger partial charge in [0.1, 0.15) is 6.61 Å². The predicted octanol–water partition coefficient (Wildman–Crippen LogP) is 16.3. The second-order valence-electron chi connectivity index (χ2n) is 16.0. The van der Waals surface area contributed by atoms with Gasteiger partial charge in [-0.05, 0) is 109 Å². The molecule has 0 aliphatic carbocycles. The number of esters is 2. The largest absolute Gasteiger partial charge is 0.462 e. The van der Waals surface area contributed by atoms with Crippen LogP contribution in [0.2, 0.25) is 0 Å². The lowest BCUT2D eigenvalue weighted by molar-refractivity contribution is -0.163. The number of allylic oxidation sites excluding steroid dienone is 12. The van der Waals surface area contributed by atoms with Crippen LogP contribution in [-0.4, -0.2) is 37.9 Å². The van der Waals surface area contributed by atoms with Crippen LogP contribution < -0.4 is 0 Å². The monoisotopic (exact) mass is 809 g/mol. The highest BCUT2D eigenvalue weighted by atomic mass is 16.6. The molecular weight excluding hydrogens is 717 g/mol. The third-order valence-corrected chi connectivity index (χ3v) is 10.2. The molecule has 58 heavy (non-hydrogen) atoms. The van der Waals surface area contributed by atoms with Gasteiger partial charge in [-0.25, -0.2) is 0 Å². The third kappa shape index (κ3) is 46.0. The number of rotatable bonds is 44. The molecule has 0 rings (SSSR count). The summed E-state index contributed by atoms with van der Waals surface area (Å²) >= 11 is 0. The van der Waals surface area contributed by atoms with E-state index in [1.807, 2.05) is 0 Å². The number of carbonyl (C=O) groups excluding carboxylic acids is 2. The van der Waals surface area contributed by atoms with Gasteiger partial charge in [0.2, 0.25) is 0 Å². The smallest absolute Gasteiger partial charge is 0.306 e. The summed E-state index contributed by atoms with van der Waals surface area (Å²) in [5.74, 6) is -0.437. The Kier molecular flexibility index (Phi) is 46.5. The second-order valence-corrected chi connectivity index (χ2v) is 16.0. The van der Waals surface area contributed by atoms with E-state index < -0.39 is 6.10 Å². The molecule has 5 heteroatoms. The van der Waals surface area contributed by atoms with Crippen molar-refractivity contribution in [1.29, 1.82) is 0 Å². The van der Waals surface area contributed by atoms with Crippen LogP contribution in [0.5, 0.6) is 0 Å². The van der Waals surface area contributed by atoms with Crippen molar-refractivity contribution in [2.45, 2.75) is 232 Å². The average molecular weight is 809 g/mol. The maximum absolute atomic E-state index is 12.8. The summed E-state index contributed by atoms with van der Waals surface area (Å²) in [6, 6.07) is 0. The highest BCUT2D eigenvalue weighted by Crippen LogP contribution is 2.13. The highest BCUT2D eigenvalue weighted by Gasteiger charge is 2.17. The Hall–Kier alpha value is -2.66. The zero-order chi connectivity index (χ0) is 42.1. The molecule has 0 saturated heterocycles. The van der Waals surface area contributed by atoms with Gasteiger partial charge in [0, 0.05) is 19.4 Å². The van der Waals surface area contributed by atoms with Gasteiger partial charge in [-0.15, -0.1) is 0 Å². The molecule has 0 aliphatic rings. The molecule has 0 fully saturated rings. The van der Waals surface area contributed by atoms with Gasteiger partial charge in [-0.1, -0.05) is 177 Å². The Labute approximate surface area is 359 Å². The fourth-order valence-electron chi connectivity index (χ4n) is 6.55. The Bertz CT molecular complexity index is 1050. The molecule has 0 aliphatic heterocycles. The van der Waals surface area contributed by atoms with Crippen LogP contribution >= 0.6 is 0 Å². The summed E-state index contributed by atoms with van der Waals surface area (Å²) in [7, 11) is 0. The number of hydrogen-bond donors (Lipinski definition) is 0. The molecule has 0 N–H and O–H groups in total. The fourth-order valence-corrected chi connectivity index (χ4v) is 6.55. The van der Waals surface area contributed by atoms with Crippen molar-refractivity contribution in [1.82, 2.24) is 0 Å². The topological polar surface area (TPSA) is 61.8 Å². The molecule has 0 aromatic rings. The Morgan fingerprint density at radius 2 is 0.776 bits per heavy atom. The van der Waals surface area contributed by atoms with Gasteiger partial charge >= 0.3 is 11.9 Å². The number of ether oxygens (including phenoxy) is 3. The molecule has 1 unspecified atom stereocenters. The van der Waals surface area contributed by atoms with E-state index in [0.717, 1.165) is 96.3 Å². The average Bonchev–Trinajstić information content (AvgIpc) is 3.22. The molecule has 5 nitrogen and oxygen atoms in total. The van der Waals surface area contributed by atoms with Gasteiger partial charge in [-0.3, -0.25) is 9.59 Å². The Morgan fingerprint density at radius 3 is 1.29 bits per heavy atom. The first-order valence-electron chi connectivity index (χ1n) is 24.5. The zero-order valence-corrected chi connectivity index (χ0v) is 38.3. The van der Waals surface area contributed by atoms with Crippen molar-refractivity contribution < 1.29 is 23.8 Å². The van der Waals surface area contributed by atoms with E-state index in [4.69, 9.17) is 14.2 Å². The molecular formula is C53H92O5. The Balaban J connectivity index is 4.34. The van der Waals surface area contributed by atoms with E-state index in [0.29, 0.717) is 19.4 Å². The van der Waals surface area contributed by atoms with E-state index in [2.05, 4.69) is 93.7 Å². The standard InChI is InChI=1S/C53H92O5/c1-4-7-10-13-16-19-22-25-27-29-31-34-37-40-43-46-52(54)57-50-51(49-56-48-45-42-39-36-33-30-26-23-20-17-14-11-8-5-2)58-53(55)47-44-41-38-35-32-28-24-21-18-15-12-9-6-3/h8,11,16-17,19-21,24-27,30,51H,4-7,9-10,12-15,18,22-23,28-29,31-50H2,1-3H3/b11-8-,19-16-,20-17-,24-21-,27-25-,30-26-. The van der Waals surface area contributed by atoms with Crippen LogP contribution in [0.3, 0.4) is 0 Å². The zero-order valence-electron chi connectivity index (χ0n) is 38.3. The van der Waals surface area contributed by atoms with Crippen LogP contribution in [0, 0.1) is 0 Å². The molecule has 334 valence electrons. The molecule has 1 atom stereocenters. The normalized spacial score (nSPS) is 12.8. The van der Waals surface area contributed by atoms with Crippen LogP contribution in [0.1, 0.15) is 226 Å². The lowest BCUT2D eigenvalue weighted by Gasteiger charge is -2.18. The van der Waals surface area contributed by atoms with Crippen molar-refractivity contribution in [2.75, 3.05) is 19.8 Å². The van der Waals surface area contributed by atoms with E-state index in [-0.39, 0.29) is 25.2 Å². The molecule has 0 aromatic heterocycles. The first-order chi connectivity index (χ1) is 28.6. The van der Waals surface area contributed by atoms with Crippen molar-refractivity contribution >= 4 is 11.9 Å². The van der Waals surface area contributed by atoms with E-state index >= 15 is 0 Å². The van der Waals surface area contributed by atoms with Gasteiger partial charge in [0.05, 0.1) is 6.61 Å². The van der Waals surface area contributed by atoms with Crippen LogP contribution in [0.15, 0.2) is 72.9 Å². The summed E-state index contributed by atoms with van der Waals surface area (Å²) in [6.07, 6.45) is 61.9. The maximum atomic E-state index is 12.8. The summed E-state index contributed by atoms with van der Waals surface area (Å²) < 4.78 is 17.3. The predicted molar refractivity (Wildman–Crippen MR) is 251 cm³/mol. The number of carbonyl (C=O) groups is 2. The van der Waals surface area contributed by atoms with Crippen molar-refractivity contribution in [2.24, 2.45) is 0 Å². The lowest BCUT2D eigenvalue weighted by Crippen LogP contribution is -2.30. The summed E-state index contributed by atoms with van der Waals surface area (Å²) in [5, 5.41) is 0. The highest BCUT2D eigenvalue weighted by molar-refractivity contribution is 5.70. The van der Waals surface area contributed by atoms with Gasteiger partial charge in [0.15, 0.2) is 6.10 Å². The van der Waals surface area contributed by atoms with Crippen LogP contribution in [0.25, 0.3) is 0 Å². The molecule has 0 radical (unpaired) electrons. The fraction of sp³-hybridized carbons (Fsp3) is 0.736. The van der Waals surface area contributed by atoms with Crippen molar-refractivity contribution in [3.63, 3.8) is 0 Å². The van der Waals surface area contributed by atoms with Gasteiger partial charge < -0.3 is 14.2 Å². The van der Waals surface area contributed by atoms with Gasteiger partial charge in [0.25, 0.3) is 0 Å². The first kappa shape index (κ1) is 55.3.